The van der Waals surface area contributed by atoms with Crippen LogP contribution in [0.3, 0.4) is 0 Å². The molecular weight excluding hydrogens is 194 g/mol. The zero-order valence-corrected chi connectivity index (χ0v) is 10.6. The minimum Gasteiger partial charge on any atom is -0.314 e. The first-order chi connectivity index (χ1) is 7.75. The van der Waals surface area contributed by atoms with Crippen molar-refractivity contribution >= 4 is 0 Å². The van der Waals surface area contributed by atoms with Crippen LogP contribution >= 0.6 is 0 Å². The fourth-order valence-corrected chi connectivity index (χ4v) is 2.45. The smallest absolute Gasteiger partial charge is 0.00105 e. The summed E-state index contributed by atoms with van der Waals surface area (Å²) in [4.78, 5) is 0. The monoisotopic (exact) mass is 217 g/mol. The van der Waals surface area contributed by atoms with Crippen LogP contribution in [0.2, 0.25) is 0 Å². The van der Waals surface area contributed by atoms with Crippen molar-refractivity contribution in [2.45, 2.75) is 52.0 Å². The number of benzene rings is 1. The predicted octanol–water partition coefficient (Wildman–Crippen LogP) is 3.11. The number of hydrogen-bond acceptors (Lipinski definition) is 1. The lowest BCUT2D eigenvalue weighted by atomic mass is 9.90. The van der Waals surface area contributed by atoms with Gasteiger partial charge in [0, 0.05) is 6.04 Å². The van der Waals surface area contributed by atoms with Gasteiger partial charge in [0.15, 0.2) is 0 Å². The Labute approximate surface area is 99.3 Å². The van der Waals surface area contributed by atoms with Gasteiger partial charge in [0.1, 0.15) is 0 Å². The van der Waals surface area contributed by atoms with E-state index in [1.54, 1.807) is 11.1 Å². The Morgan fingerprint density at radius 3 is 2.62 bits per heavy atom. The molecule has 0 aliphatic heterocycles. The van der Waals surface area contributed by atoms with Crippen molar-refractivity contribution in [2.24, 2.45) is 0 Å². The van der Waals surface area contributed by atoms with Gasteiger partial charge in [-0.3, -0.25) is 0 Å². The van der Waals surface area contributed by atoms with Gasteiger partial charge in [-0.15, -0.1) is 0 Å². The molecular formula is C15H23N. The summed E-state index contributed by atoms with van der Waals surface area (Å²) in [5.41, 5.74) is 4.69. The van der Waals surface area contributed by atoms with E-state index in [0.29, 0.717) is 6.04 Å². The van der Waals surface area contributed by atoms with Crippen LogP contribution in [0.4, 0.5) is 0 Å². The second-order valence-electron chi connectivity index (χ2n) is 5.17. The Hall–Kier alpha value is -0.820. The first kappa shape index (κ1) is 11.7. The molecule has 0 aromatic heterocycles. The van der Waals surface area contributed by atoms with E-state index >= 15 is 0 Å². The molecule has 1 N–H and O–H groups in total. The topological polar surface area (TPSA) is 12.0 Å². The number of rotatable bonds is 4. The van der Waals surface area contributed by atoms with E-state index < -0.39 is 0 Å². The van der Waals surface area contributed by atoms with Gasteiger partial charge >= 0.3 is 0 Å². The maximum absolute atomic E-state index is 3.47. The van der Waals surface area contributed by atoms with Crippen LogP contribution in [-0.2, 0) is 19.3 Å². The highest BCUT2D eigenvalue weighted by Gasteiger charge is 2.09. The molecule has 0 bridgehead atoms. The Morgan fingerprint density at radius 2 is 1.88 bits per heavy atom. The molecule has 1 aromatic carbocycles. The fourth-order valence-electron chi connectivity index (χ4n) is 2.45. The quantitative estimate of drug-likeness (QED) is 0.817. The summed E-state index contributed by atoms with van der Waals surface area (Å²) in [6, 6.07) is 7.68. The van der Waals surface area contributed by atoms with E-state index in [0.717, 1.165) is 13.0 Å². The van der Waals surface area contributed by atoms with E-state index in [4.69, 9.17) is 0 Å². The maximum Gasteiger partial charge on any atom is 0.00105 e. The van der Waals surface area contributed by atoms with E-state index in [1.807, 2.05) is 0 Å². The van der Waals surface area contributed by atoms with E-state index in [-0.39, 0.29) is 0 Å². The van der Waals surface area contributed by atoms with Gasteiger partial charge in [0.25, 0.3) is 0 Å². The summed E-state index contributed by atoms with van der Waals surface area (Å²) < 4.78 is 0. The van der Waals surface area contributed by atoms with Gasteiger partial charge < -0.3 is 5.32 Å². The van der Waals surface area contributed by atoms with Gasteiger partial charge in [-0.1, -0.05) is 32.0 Å². The lowest BCUT2D eigenvalue weighted by Crippen LogP contribution is -2.25. The summed E-state index contributed by atoms with van der Waals surface area (Å²) in [5.74, 6) is 0. The molecule has 1 aliphatic rings. The molecule has 0 radical (unpaired) electrons. The first-order valence-corrected chi connectivity index (χ1v) is 6.60. The molecule has 0 heterocycles. The summed E-state index contributed by atoms with van der Waals surface area (Å²) in [7, 11) is 0. The van der Waals surface area contributed by atoms with Crippen LogP contribution in [0.5, 0.6) is 0 Å². The molecule has 1 nitrogen and oxygen atoms in total. The Morgan fingerprint density at radius 1 is 1.12 bits per heavy atom. The SMILES string of the molecule is CC(C)NCCc1ccc2c(c1)CCCC2. The molecule has 2 rings (SSSR count). The molecule has 1 aromatic rings. The second-order valence-corrected chi connectivity index (χ2v) is 5.17. The van der Waals surface area contributed by atoms with Gasteiger partial charge in [-0.05, 0) is 55.3 Å². The molecule has 0 spiro atoms. The summed E-state index contributed by atoms with van der Waals surface area (Å²) in [5, 5.41) is 3.47. The summed E-state index contributed by atoms with van der Waals surface area (Å²) >= 11 is 0. The van der Waals surface area contributed by atoms with Crippen molar-refractivity contribution in [1.82, 2.24) is 5.32 Å². The van der Waals surface area contributed by atoms with Crippen LogP contribution in [-0.4, -0.2) is 12.6 Å². The van der Waals surface area contributed by atoms with Crippen molar-refractivity contribution in [3.8, 4) is 0 Å². The third-order valence-electron chi connectivity index (χ3n) is 3.38. The Kier molecular flexibility index (Phi) is 4.00. The third kappa shape index (κ3) is 3.08. The molecule has 0 fully saturated rings. The lowest BCUT2D eigenvalue weighted by Gasteiger charge is -2.17. The lowest BCUT2D eigenvalue weighted by molar-refractivity contribution is 0.590. The van der Waals surface area contributed by atoms with Gasteiger partial charge in [0.05, 0.1) is 0 Å². The average Bonchev–Trinajstić information content (AvgIpc) is 2.28. The van der Waals surface area contributed by atoms with Crippen molar-refractivity contribution in [3.05, 3.63) is 34.9 Å². The predicted molar refractivity (Wildman–Crippen MR) is 69.9 cm³/mol. The highest BCUT2D eigenvalue weighted by Crippen LogP contribution is 2.22. The van der Waals surface area contributed by atoms with Gasteiger partial charge in [-0.25, -0.2) is 0 Å². The van der Waals surface area contributed by atoms with Crippen LogP contribution in [0.1, 0.15) is 43.4 Å². The van der Waals surface area contributed by atoms with E-state index in [1.165, 1.54) is 31.2 Å². The second kappa shape index (κ2) is 5.49. The van der Waals surface area contributed by atoms with E-state index in [9.17, 15) is 0 Å². The standard InChI is InChI=1S/C15H23N/c1-12(2)16-10-9-13-7-8-14-5-3-4-6-15(14)11-13/h7-8,11-12,16H,3-6,9-10H2,1-2H3. The number of nitrogens with one attached hydrogen (secondary N) is 1. The summed E-state index contributed by atoms with van der Waals surface area (Å²) in [6.45, 7) is 5.50. The van der Waals surface area contributed by atoms with Crippen LogP contribution in [0.15, 0.2) is 18.2 Å². The summed E-state index contributed by atoms with van der Waals surface area (Å²) in [6.07, 6.45) is 6.49. The minimum absolute atomic E-state index is 0.595. The van der Waals surface area contributed by atoms with Crippen LogP contribution in [0.25, 0.3) is 0 Å². The van der Waals surface area contributed by atoms with Crippen molar-refractivity contribution < 1.29 is 0 Å². The molecule has 0 saturated heterocycles. The molecule has 0 amide bonds. The number of aryl methyl sites for hydroxylation is 2. The molecule has 1 heteroatoms. The Bertz CT molecular complexity index is 341. The maximum atomic E-state index is 3.47. The minimum atomic E-state index is 0.595. The Balaban J connectivity index is 1.95. The number of fused-ring (bicyclic) bond motifs is 1. The van der Waals surface area contributed by atoms with Crippen molar-refractivity contribution in [2.75, 3.05) is 6.54 Å². The normalized spacial score (nSPS) is 15.2. The van der Waals surface area contributed by atoms with Crippen LogP contribution in [0, 0.1) is 0 Å². The van der Waals surface area contributed by atoms with E-state index in [2.05, 4.69) is 37.4 Å². The molecule has 88 valence electrons. The number of hydrogen-bond donors (Lipinski definition) is 1. The molecule has 0 unspecified atom stereocenters. The van der Waals surface area contributed by atoms with Crippen molar-refractivity contribution in [1.29, 1.82) is 0 Å². The van der Waals surface area contributed by atoms with Gasteiger partial charge in [0.2, 0.25) is 0 Å². The van der Waals surface area contributed by atoms with Crippen molar-refractivity contribution in [3.63, 3.8) is 0 Å². The third-order valence-corrected chi connectivity index (χ3v) is 3.38. The molecule has 16 heavy (non-hydrogen) atoms. The fraction of sp³-hybridized carbons (Fsp3) is 0.600. The molecule has 1 aliphatic carbocycles. The molecule has 0 saturated carbocycles. The highest BCUT2D eigenvalue weighted by molar-refractivity contribution is 5.33. The zero-order valence-electron chi connectivity index (χ0n) is 10.6. The first-order valence-electron chi connectivity index (χ1n) is 6.60. The largest absolute Gasteiger partial charge is 0.314 e. The zero-order chi connectivity index (χ0) is 11.4. The average molecular weight is 217 g/mol. The van der Waals surface area contributed by atoms with Crippen LogP contribution < -0.4 is 5.32 Å². The molecule has 0 atom stereocenters. The van der Waals surface area contributed by atoms with Gasteiger partial charge in [-0.2, -0.15) is 0 Å². The highest BCUT2D eigenvalue weighted by atomic mass is 14.9.